The third-order valence-corrected chi connectivity index (χ3v) is 10.1. The minimum atomic E-state index is -0.214. The van der Waals surface area contributed by atoms with E-state index >= 15 is 0 Å². The highest BCUT2D eigenvalue weighted by molar-refractivity contribution is 6.23. The molecule has 10 rings (SSSR count). The van der Waals surface area contributed by atoms with Crippen molar-refractivity contribution >= 4 is 54.4 Å². The molecule has 0 saturated heterocycles. The van der Waals surface area contributed by atoms with Gasteiger partial charge in [-0.05, 0) is 60.0 Å². The van der Waals surface area contributed by atoms with Crippen molar-refractivity contribution < 1.29 is 4.74 Å². The lowest BCUT2D eigenvalue weighted by Crippen LogP contribution is -2.24. The van der Waals surface area contributed by atoms with Gasteiger partial charge in [-0.1, -0.05) is 105 Å². The molecule has 1 aliphatic rings. The van der Waals surface area contributed by atoms with E-state index in [1.54, 1.807) is 0 Å². The first kappa shape index (κ1) is 25.5. The number of benzene rings is 7. The summed E-state index contributed by atoms with van der Waals surface area (Å²) in [5.74, 6) is 1.86. The van der Waals surface area contributed by atoms with E-state index in [4.69, 9.17) is 4.74 Å². The molecular formula is C43H30N2O. The van der Waals surface area contributed by atoms with Crippen molar-refractivity contribution in [3.05, 3.63) is 157 Å². The minimum absolute atomic E-state index is 0.214. The van der Waals surface area contributed by atoms with Gasteiger partial charge in [0.25, 0.3) is 0 Å². The Morgan fingerprint density at radius 2 is 1.13 bits per heavy atom. The molecule has 0 fully saturated rings. The molecule has 0 N–H and O–H groups in total. The molecule has 9 aromatic rings. The summed E-state index contributed by atoms with van der Waals surface area (Å²) in [5.41, 5.74) is 9.31. The molecule has 0 unspecified atom stereocenters. The van der Waals surface area contributed by atoms with E-state index in [0.29, 0.717) is 0 Å². The molecule has 3 heteroatoms. The van der Waals surface area contributed by atoms with E-state index < -0.39 is 0 Å². The molecule has 1 aliphatic heterocycles. The van der Waals surface area contributed by atoms with E-state index in [-0.39, 0.29) is 5.41 Å². The van der Waals surface area contributed by atoms with Crippen molar-refractivity contribution in [3.8, 4) is 22.9 Å². The summed E-state index contributed by atoms with van der Waals surface area (Å²) < 4.78 is 11.4. The Kier molecular flexibility index (Phi) is 5.06. The Hall–Kier alpha value is -5.80. The highest BCUT2D eigenvalue weighted by atomic mass is 16.5. The SMILES string of the molecule is CC1(C)c2ccccc2Oc2ccc(-n3c4cc5c(cc4c4ccc6ccccc6c43)c3ccccc3n5-c3ccccc3)cc21. The van der Waals surface area contributed by atoms with Gasteiger partial charge >= 0.3 is 0 Å². The topological polar surface area (TPSA) is 19.1 Å². The molecule has 3 heterocycles. The lowest BCUT2D eigenvalue weighted by Gasteiger charge is -2.34. The summed E-state index contributed by atoms with van der Waals surface area (Å²) in [6.45, 7) is 4.61. The summed E-state index contributed by atoms with van der Waals surface area (Å²) in [6.07, 6.45) is 0. The lowest BCUT2D eigenvalue weighted by molar-refractivity contribution is 0.418. The predicted molar refractivity (Wildman–Crippen MR) is 191 cm³/mol. The second-order valence-corrected chi connectivity index (χ2v) is 13.0. The monoisotopic (exact) mass is 590 g/mol. The van der Waals surface area contributed by atoms with Crippen LogP contribution in [0.1, 0.15) is 25.0 Å². The van der Waals surface area contributed by atoms with E-state index in [0.717, 1.165) is 22.9 Å². The number of hydrogen-bond donors (Lipinski definition) is 0. The van der Waals surface area contributed by atoms with Gasteiger partial charge in [0.05, 0.1) is 22.1 Å². The molecule has 7 aromatic carbocycles. The maximum Gasteiger partial charge on any atom is 0.131 e. The zero-order valence-electron chi connectivity index (χ0n) is 25.7. The second-order valence-electron chi connectivity index (χ2n) is 13.0. The standard InChI is InChI=1S/C43H30N2O/c1-43(2)35-17-9-11-19-40(35)46-41-23-21-29(24-36(41)43)45-39-26-38-33(25-34(39)32-22-20-27-12-6-7-15-30(27)42(32)45)31-16-8-10-18-37(31)44(38)28-13-4-3-5-14-28/h3-26H,1-2H3. The van der Waals surface area contributed by atoms with Gasteiger partial charge in [-0.25, -0.2) is 0 Å². The molecule has 0 aliphatic carbocycles. The van der Waals surface area contributed by atoms with Crippen LogP contribution in [-0.4, -0.2) is 9.13 Å². The van der Waals surface area contributed by atoms with Crippen LogP contribution in [0.4, 0.5) is 0 Å². The maximum atomic E-state index is 6.47. The first-order valence-electron chi connectivity index (χ1n) is 15.9. The summed E-state index contributed by atoms with van der Waals surface area (Å²) in [7, 11) is 0. The van der Waals surface area contributed by atoms with E-state index in [1.807, 2.05) is 6.07 Å². The minimum Gasteiger partial charge on any atom is -0.457 e. The van der Waals surface area contributed by atoms with Crippen LogP contribution in [0.25, 0.3) is 65.8 Å². The van der Waals surface area contributed by atoms with Crippen LogP contribution in [0.15, 0.2) is 146 Å². The fourth-order valence-corrected chi connectivity index (χ4v) is 7.93. The Bertz CT molecular complexity index is 2690. The Morgan fingerprint density at radius 1 is 0.435 bits per heavy atom. The van der Waals surface area contributed by atoms with E-state index in [1.165, 1.54) is 65.5 Å². The van der Waals surface area contributed by atoms with Crippen molar-refractivity contribution in [3.63, 3.8) is 0 Å². The molecule has 0 bridgehead atoms. The van der Waals surface area contributed by atoms with Crippen molar-refractivity contribution in [1.29, 1.82) is 0 Å². The van der Waals surface area contributed by atoms with Crippen LogP contribution >= 0.6 is 0 Å². The molecule has 3 nitrogen and oxygen atoms in total. The zero-order chi connectivity index (χ0) is 30.6. The first-order valence-corrected chi connectivity index (χ1v) is 15.9. The molecular weight excluding hydrogens is 560 g/mol. The molecule has 0 atom stereocenters. The van der Waals surface area contributed by atoms with Gasteiger partial charge in [0, 0.05) is 54.8 Å². The molecule has 218 valence electrons. The van der Waals surface area contributed by atoms with Gasteiger partial charge in [-0.15, -0.1) is 0 Å². The number of nitrogens with zero attached hydrogens (tertiary/aromatic N) is 2. The van der Waals surface area contributed by atoms with Crippen LogP contribution in [0.2, 0.25) is 0 Å². The third-order valence-electron chi connectivity index (χ3n) is 10.1. The number of aromatic nitrogens is 2. The maximum absolute atomic E-state index is 6.47. The van der Waals surface area contributed by atoms with Gasteiger partial charge in [-0.2, -0.15) is 0 Å². The lowest BCUT2D eigenvalue weighted by atomic mass is 9.75. The molecule has 46 heavy (non-hydrogen) atoms. The predicted octanol–water partition coefficient (Wildman–Crippen LogP) is 11.5. The molecule has 2 aromatic heterocycles. The van der Waals surface area contributed by atoms with Crippen molar-refractivity contribution in [2.75, 3.05) is 0 Å². The Labute approximate surface area is 266 Å². The fourth-order valence-electron chi connectivity index (χ4n) is 7.93. The quantitative estimate of drug-likeness (QED) is 0.196. The summed E-state index contributed by atoms with van der Waals surface area (Å²) in [4.78, 5) is 0. The summed E-state index contributed by atoms with van der Waals surface area (Å²) >= 11 is 0. The number of para-hydroxylation sites is 3. The van der Waals surface area contributed by atoms with Gasteiger partial charge in [0.15, 0.2) is 0 Å². The zero-order valence-corrected chi connectivity index (χ0v) is 25.7. The summed E-state index contributed by atoms with van der Waals surface area (Å²) in [6, 6.07) is 52.8. The van der Waals surface area contributed by atoms with Crippen LogP contribution in [0.3, 0.4) is 0 Å². The Morgan fingerprint density at radius 3 is 2.02 bits per heavy atom. The molecule has 0 saturated carbocycles. The van der Waals surface area contributed by atoms with E-state index in [9.17, 15) is 0 Å². The Balaban J connectivity index is 1.35. The van der Waals surface area contributed by atoms with Crippen molar-refractivity contribution in [2.24, 2.45) is 0 Å². The van der Waals surface area contributed by atoms with Crippen LogP contribution in [0.5, 0.6) is 11.5 Å². The van der Waals surface area contributed by atoms with Gasteiger partial charge in [0.2, 0.25) is 0 Å². The van der Waals surface area contributed by atoms with Crippen LogP contribution < -0.4 is 4.74 Å². The highest BCUT2D eigenvalue weighted by Crippen LogP contribution is 2.49. The number of hydrogen-bond acceptors (Lipinski definition) is 1. The molecule has 0 amide bonds. The molecule has 0 spiro atoms. The van der Waals surface area contributed by atoms with Crippen molar-refractivity contribution in [1.82, 2.24) is 9.13 Å². The van der Waals surface area contributed by atoms with Crippen LogP contribution in [-0.2, 0) is 5.41 Å². The van der Waals surface area contributed by atoms with Gasteiger partial charge < -0.3 is 13.9 Å². The normalized spacial score (nSPS) is 13.8. The third kappa shape index (κ3) is 3.37. The first-order chi connectivity index (χ1) is 22.6. The smallest absolute Gasteiger partial charge is 0.131 e. The average molecular weight is 591 g/mol. The summed E-state index contributed by atoms with van der Waals surface area (Å²) in [5, 5.41) is 7.51. The van der Waals surface area contributed by atoms with Gasteiger partial charge in [-0.3, -0.25) is 0 Å². The number of ether oxygens (including phenoxy) is 1. The van der Waals surface area contributed by atoms with E-state index in [2.05, 4.69) is 163 Å². The average Bonchev–Trinajstić information content (AvgIpc) is 3.60. The number of fused-ring (bicyclic) bond motifs is 10. The van der Waals surface area contributed by atoms with Crippen molar-refractivity contribution in [2.45, 2.75) is 19.3 Å². The second kappa shape index (κ2) is 9.12. The highest BCUT2D eigenvalue weighted by Gasteiger charge is 2.34. The van der Waals surface area contributed by atoms with Gasteiger partial charge in [0.1, 0.15) is 11.5 Å². The fraction of sp³-hybridized carbons (Fsp3) is 0.0698. The molecule has 0 radical (unpaired) electrons. The van der Waals surface area contributed by atoms with Crippen LogP contribution in [0, 0.1) is 0 Å². The largest absolute Gasteiger partial charge is 0.457 e. The number of rotatable bonds is 2.